The third kappa shape index (κ3) is 3.02. The van der Waals surface area contributed by atoms with Gasteiger partial charge in [0.05, 0.1) is 18.3 Å². The first-order valence-electron chi connectivity index (χ1n) is 7.66. The van der Waals surface area contributed by atoms with Gasteiger partial charge in [0.1, 0.15) is 0 Å². The van der Waals surface area contributed by atoms with Gasteiger partial charge in [-0.05, 0) is 44.4 Å². The maximum Gasteiger partial charge on any atom is 0.360 e. The molecule has 0 aromatic carbocycles. The second-order valence-corrected chi connectivity index (χ2v) is 6.06. The summed E-state index contributed by atoms with van der Waals surface area (Å²) in [6.07, 6.45) is 4.67. The van der Waals surface area contributed by atoms with E-state index in [9.17, 15) is 4.79 Å². The van der Waals surface area contributed by atoms with E-state index < -0.39 is 0 Å². The molecule has 1 aliphatic rings. The van der Waals surface area contributed by atoms with Crippen molar-refractivity contribution in [2.75, 3.05) is 6.61 Å². The molecule has 0 saturated heterocycles. The highest BCUT2D eigenvalue weighted by molar-refractivity contribution is 5.88. The van der Waals surface area contributed by atoms with Gasteiger partial charge in [-0.2, -0.15) is 0 Å². The number of nitrogens with zero attached hydrogens (tertiary/aromatic N) is 3. The molecule has 0 amide bonds. The summed E-state index contributed by atoms with van der Waals surface area (Å²) in [4.78, 5) is 12.0. The number of rotatable bonds is 4. The largest absolute Gasteiger partial charge is 0.461 e. The zero-order valence-corrected chi connectivity index (χ0v) is 12.9. The minimum absolute atomic E-state index is 0.212. The molecule has 1 heterocycles. The van der Waals surface area contributed by atoms with Crippen LogP contribution in [0.25, 0.3) is 0 Å². The fraction of sp³-hybridized carbons (Fsp3) is 0.800. The van der Waals surface area contributed by atoms with Crippen molar-refractivity contribution in [3.8, 4) is 0 Å². The van der Waals surface area contributed by atoms with Gasteiger partial charge in [-0.1, -0.05) is 26.0 Å². The number of ether oxygens (including phenoxy) is 1. The lowest BCUT2D eigenvalue weighted by molar-refractivity contribution is 0.0517. The molecular formula is C15H25N3O2. The Morgan fingerprint density at radius 2 is 2.00 bits per heavy atom. The molecule has 1 aromatic rings. The minimum Gasteiger partial charge on any atom is -0.461 e. The molecule has 0 radical (unpaired) electrons. The molecule has 5 nitrogen and oxygen atoms in total. The van der Waals surface area contributed by atoms with Crippen LogP contribution >= 0.6 is 0 Å². The van der Waals surface area contributed by atoms with Crippen LogP contribution in [0.15, 0.2) is 0 Å². The van der Waals surface area contributed by atoms with Crippen molar-refractivity contribution in [1.82, 2.24) is 15.0 Å². The van der Waals surface area contributed by atoms with Crippen molar-refractivity contribution < 1.29 is 9.53 Å². The monoisotopic (exact) mass is 279 g/mol. The topological polar surface area (TPSA) is 57.0 Å². The van der Waals surface area contributed by atoms with Crippen molar-refractivity contribution >= 4 is 5.97 Å². The summed E-state index contributed by atoms with van der Waals surface area (Å²) in [5.74, 6) is 0.650. The van der Waals surface area contributed by atoms with Gasteiger partial charge in [-0.25, -0.2) is 9.48 Å². The second-order valence-electron chi connectivity index (χ2n) is 6.06. The van der Waals surface area contributed by atoms with Crippen molar-refractivity contribution in [1.29, 1.82) is 0 Å². The van der Waals surface area contributed by atoms with E-state index in [4.69, 9.17) is 4.74 Å². The van der Waals surface area contributed by atoms with Crippen molar-refractivity contribution in [2.24, 2.45) is 5.92 Å². The van der Waals surface area contributed by atoms with Gasteiger partial charge in [-0.15, -0.1) is 5.10 Å². The average molecular weight is 279 g/mol. The van der Waals surface area contributed by atoms with Crippen molar-refractivity contribution in [3.05, 3.63) is 11.4 Å². The normalized spacial score (nSPS) is 23.1. The van der Waals surface area contributed by atoms with Crippen LogP contribution < -0.4 is 0 Å². The predicted octanol–water partition coefficient (Wildman–Crippen LogP) is 3.33. The number of aromatic nitrogens is 3. The van der Waals surface area contributed by atoms with Gasteiger partial charge in [0.15, 0.2) is 5.69 Å². The molecule has 112 valence electrons. The number of esters is 1. The molecule has 5 heteroatoms. The number of hydrogen-bond donors (Lipinski definition) is 0. The van der Waals surface area contributed by atoms with E-state index in [0.717, 1.165) is 24.5 Å². The van der Waals surface area contributed by atoms with E-state index in [1.807, 2.05) is 4.68 Å². The molecule has 1 saturated carbocycles. The summed E-state index contributed by atoms with van der Waals surface area (Å²) in [6.45, 7) is 8.61. The average Bonchev–Trinajstić information content (AvgIpc) is 2.84. The Balaban J connectivity index is 2.27. The van der Waals surface area contributed by atoms with Gasteiger partial charge in [-0.3, -0.25) is 0 Å². The number of carbonyl (C=O) groups is 1. The Labute approximate surface area is 120 Å². The van der Waals surface area contributed by atoms with E-state index in [1.165, 1.54) is 12.8 Å². The molecule has 0 aliphatic heterocycles. The molecule has 0 bridgehead atoms. The highest BCUT2D eigenvalue weighted by Gasteiger charge is 2.28. The maximum atomic E-state index is 12.0. The Hall–Kier alpha value is -1.39. The smallest absolute Gasteiger partial charge is 0.360 e. The molecule has 1 aliphatic carbocycles. The van der Waals surface area contributed by atoms with Crippen LogP contribution in [-0.2, 0) is 4.74 Å². The van der Waals surface area contributed by atoms with Crippen molar-refractivity contribution in [2.45, 2.75) is 65.3 Å². The maximum absolute atomic E-state index is 12.0. The highest BCUT2D eigenvalue weighted by atomic mass is 16.5. The lowest BCUT2D eigenvalue weighted by atomic mass is 9.87. The van der Waals surface area contributed by atoms with Gasteiger partial charge < -0.3 is 4.74 Å². The highest BCUT2D eigenvalue weighted by Crippen LogP contribution is 2.34. The Morgan fingerprint density at radius 1 is 1.35 bits per heavy atom. The van der Waals surface area contributed by atoms with E-state index in [0.29, 0.717) is 18.3 Å². The van der Waals surface area contributed by atoms with Crippen LogP contribution in [0.5, 0.6) is 0 Å². The standard InChI is InChI=1S/C15H25N3O2/c1-5-20-15(19)13-14(10(2)3)18(17-16-13)12-8-6-11(4)7-9-12/h10-12H,5-9H2,1-4H3. The second kappa shape index (κ2) is 6.37. The molecule has 2 rings (SSSR count). The van der Waals surface area contributed by atoms with Crippen LogP contribution in [0.3, 0.4) is 0 Å². The molecule has 1 fully saturated rings. The van der Waals surface area contributed by atoms with E-state index in [1.54, 1.807) is 6.92 Å². The SMILES string of the molecule is CCOC(=O)c1nnn(C2CCC(C)CC2)c1C(C)C. The van der Waals surface area contributed by atoms with Crippen LogP contribution in [0.1, 0.15) is 81.5 Å². The molecule has 0 spiro atoms. The molecule has 0 unspecified atom stereocenters. The first-order valence-corrected chi connectivity index (χ1v) is 7.66. The summed E-state index contributed by atoms with van der Waals surface area (Å²) in [7, 11) is 0. The zero-order chi connectivity index (χ0) is 14.7. The summed E-state index contributed by atoms with van der Waals surface area (Å²) in [5, 5.41) is 8.34. The van der Waals surface area contributed by atoms with Crippen LogP contribution in [0.2, 0.25) is 0 Å². The fourth-order valence-electron chi connectivity index (χ4n) is 2.94. The van der Waals surface area contributed by atoms with Gasteiger partial charge in [0, 0.05) is 0 Å². The Bertz CT molecular complexity index is 460. The van der Waals surface area contributed by atoms with Crippen molar-refractivity contribution in [3.63, 3.8) is 0 Å². The van der Waals surface area contributed by atoms with Crippen LogP contribution in [0, 0.1) is 5.92 Å². The Morgan fingerprint density at radius 3 is 2.55 bits per heavy atom. The molecular weight excluding hydrogens is 254 g/mol. The first-order chi connectivity index (χ1) is 9.54. The molecule has 0 atom stereocenters. The van der Waals surface area contributed by atoms with Crippen LogP contribution in [0.4, 0.5) is 0 Å². The number of carbonyl (C=O) groups excluding carboxylic acids is 1. The summed E-state index contributed by atoms with van der Waals surface area (Å²) >= 11 is 0. The summed E-state index contributed by atoms with van der Waals surface area (Å²) in [6, 6.07) is 0.374. The van der Waals surface area contributed by atoms with E-state index in [-0.39, 0.29) is 11.9 Å². The third-order valence-corrected chi connectivity index (χ3v) is 4.08. The van der Waals surface area contributed by atoms with E-state index in [2.05, 4.69) is 31.1 Å². The fourth-order valence-corrected chi connectivity index (χ4v) is 2.94. The summed E-state index contributed by atoms with van der Waals surface area (Å²) < 4.78 is 7.06. The molecule has 1 aromatic heterocycles. The minimum atomic E-state index is -0.355. The summed E-state index contributed by atoms with van der Waals surface area (Å²) in [5.41, 5.74) is 1.31. The lowest BCUT2D eigenvalue weighted by Crippen LogP contribution is -2.21. The third-order valence-electron chi connectivity index (χ3n) is 4.08. The van der Waals surface area contributed by atoms with Gasteiger partial charge in [0.25, 0.3) is 0 Å². The molecule has 20 heavy (non-hydrogen) atoms. The van der Waals surface area contributed by atoms with Crippen LogP contribution in [-0.4, -0.2) is 27.6 Å². The molecule has 0 N–H and O–H groups in total. The quantitative estimate of drug-likeness (QED) is 0.793. The Kier molecular flexibility index (Phi) is 4.78. The lowest BCUT2D eigenvalue weighted by Gasteiger charge is -2.27. The van der Waals surface area contributed by atoms with E-state index >= 15 is 0 Å². The zero-order valence-electron chi connectivity index (χ0n) is 12.9. The predicted molar refractivity (Wildman–Crippen MR) is 76.7 cm³/mol. The van der Waals surface area contributed by atoms with Gasteiger partial charge >= 0.3 is 5.97 Å². The first kappa shape index (κ1) is 15.0. The number of hydrogen-bond acceptors (Lipinski definition) is 4. The van der Waals surface area contributed by atoms with Gasteiger partial charge in [0.2, 0.25) is 0 Å².